The van der Waals surface area contributed by atoms with Crippen LogP contribution in [0, 0.1) is 0 Å². The molecule has 0 aliphatic heterocycles. The third kappa shape index (κ3) is 1.65. The maximum atomic E-state index is 5.72. The molecule has 0 aliphatic rings. The van der Waals surface area contributed by atoms with Crippen molar-refractivity contribution in [2.24, 2.45) is 0 Å². The third-order valence-corrected chi connectivity index (χ3v) is 3.22. The number of methoxy groups -OCH3 is 1. The molecule has 0 amide bonds. The number of fused-ring (bicyclic) bond motifs is 1. The third-order valence-electron chi connectivity index (χ3n) is 2.37. The van der Waals surface area contributed by atoms with Gasteiger partial charge >= 0.3 is 0 Å². The van der Waals surface area contributed by atoms with Crippen molar-refractivity contribution in [3.05, 3.63) is 17.7 Å². The summed E-state index contributed by atoms with van der Waals surface area (Å²) in [6.45, 7) is 4.26. The van der Waals surface area contributed by atoms with Gasteiger partial charge < -0.3 is 10.5 Å². The molecule has 1 heterocycles. The molecule has 2 N–H and O–H groups in total. The highest BCUT2D eigenvalue weighted by Gasteiger charge is 2.14. The van der Waals surface area contributed by atoms with Gasteiger partial charge in [0.2, 0.25) is 0 Å². The van der Waals surface area contributed by atoms with Crippen LogP contribution in [0.5, 0.6) is 5.75 Å². The molecule has 4 heteroatoms. The average molecular weight is 222 g/mol. The summed E-state index contributed by atoms with van der Waals surface area (Å²) in [6.07, 6.45) is 0. The Morgan fingerprint density at radius 3 is 2.73 bits per heavy atom. The highest BCUT2D eigenvalue weighted by atomic mass is 32.1. The Kier molecular flexibility index (Phi) is 2.52. The first-order valence-corrected chi connectivity index (χ1v) is 5.68. The van der Waals surface area contributed by atoms with Crippen molar-refractivity contribution in [2.75, 3.05) is 12.8 Å². The van der Waals surface area contributed by atoms with Gasteiger partial charge in [0.15, 0.2) is 5.13 Å². The van der Waals surface area contributed by atoms with Gasteiger partial charge in [0.05, 0.1) is 17.3 Å². The summed E-state index contributed by atoms with van der Waals surface area (Å²) in [6, 6.07) is 3.99. The van der Waals surface area contributed by atoms with Crippen LogP contribution >= 0.6 is 11.3 Å². The minimum atomic E-state index is 0.380. The predicted octanol–water partition coefficient (Wildman–Crippen LogP) is 3.01. The molecule has 1 aromatic carbocycles. The molecular formula is C11H14N2OS. The molecule has 0 bridgehead atoms. The van der Waals surface area contributed by atoms with Gasteiger partial charge in [-0.3, -0.25) is 0 Å². The number of thiazole rings is 1. The summed E-state index contributed by atoms with van der Waals surface area (Å²) in [5.41, 5.74) is 7.84. The summed E-state index contributed by atoms with van der Waals surface area (Å²) in [5, 5.41) is 0.611. The second-order valence-corrected chi connectivity index (χ2v) is 4.80. The normalized spacial score (nSPS) is 11.2. The van der Waals surface area contributed by atoms with E-state index >= 15 is 0 Å². The Morgan fingerprint density at radius 2 is 2.13 bits per heavy atom. The first kappa shape index (κ1) is 10.2. The lowest BCUT2D eigenvalue weighted by Crippen LogP contribution is -1.95. The van der Waals surface area contributed by atoms with E-state index in [1.807, 2.05) is 12.1 Å². The van der Waals surface area contributed by atoms with Gasteiger partial charge in [0, 0.05) is 5.56 Å². The highest BCUT2D eigenvalue weighted by molar-refractivity contribution is 7.22. The number of hydrogen-bond acceptors (Lipinski definition) is 4. The van der Waals surface area contributed by atoms with Crippen LogP contribution in [0.2, 0.25) is 0 Å². The molecule has 2 aromatic rings. The first-order chi connectivity index (χ1) is 7.13. The highest BCUT2D eigenvalue weighted by Crippen LogP contribution is 2.36. The van der Waals surface area contributed by atoms with Crippen molar-refractivity contribution in [1.29, 1.82) is 0 Å². The van der Waals surface area contributed by atoms with Crippen LogP contribution in [0.15, 0.2) is 12.1 Å². The average Bonchev–Trinajstić information content (AvgIpc) is 2.55. The van der Waals surface area contributed by atoms with Crippen molar-refractivity contribution in [3.8, 4) is 5.75 Å². The Hall–Kier alpha value is -1.29. The molecule has 0 aliphatic carbocycles. The molecule has 0 fully saturated rings. The number of aromatic nitrogens is 1. The van der Waals surface area contributed by atoms with Gasteiger partial charge in [0.25, 0.3) is 0 Å². The number of benzene rings is 1. The fraction of sp³-hybridized carbons (Fsp3) is 0.364. The number of anilines is 1. The molecule has 0 saturated carbocycles. The molecule has 2 rings (SSSR count). The second kappa shape index (κ2) is 3.70. The second-order valence-electron chi connectivity index (χ2n) is 3.74. The monoisotopic (exact) mass is 222 g/mol. The number of nitrogens with two attached hydrogens (primary N) is 1. The van der Waals surface area contributed by atoms with Crippen LogP contribution < -0.4 is 10.5 Å². The summed E-state index contributed by atoms with van der Waals surface area (Å²) < 4.78 is 6.47. The van der Waals surface area contributed by atoms with Gasteiger partial charge in [-0.15, -0.1) is 0 Å². The Balaban J connectivity index is 2.78. The zero-order valence-corrected chi connectivity index (χ0v) is 9.89. The fourth-order valence-electron chi connectivity index (χ4n) is 1.75. The van der Waals surface area contributed by atoms with Gasteiger partial charge in [-0.05, 0) is 18.1 Å². The molecule has 1 aromatic heterocycles. The Labute approximate surface area is 92.9 Å². The van der Waals surface area contributed by atoms with E-state index in [4.69, 9.17) is 10.5 Å². The van der Waals surface area contributed by atoms with E-state index < -0.39 is 0 Å². The first-order valence-electron chi connectivity index (χ1n) is 4.86. The van der Waals surface area contributed by atoms with Crippen LogP contribution in [-0.2, 0) is 0 Å². The Bertz CT molecular complexity index is 491. The van der Waals surface area contributed by atoms with Crippen LogP contribution in [0.4, 0.5) is 5.13 Å². The number of rotatable bonds is 2. The largest absolute Gasteiger partial charge is 0.496 e. The SMILES string of the molecule is COc1ccc2sc(N)nc2c1C(C)C. The van der Waals surface area contributed by atoms with Gasteiger partial charge in [-0.2, -0.15) is 0 Å². The summed E-state index contributed by atoms with van der Waals surface area (Å²) in [5.74, 6) is 1.27. The van der Waals surface area contributed by atoms with Crippen molar-refractivity contribution in [1.82, 2.24) is 4.98 Å². The van der Waals surface area contributed by atoms with Crippen LogP contribution in [-0.4, -0.2) is 12.1 Å². The number of nitrogen functional groups attached to an aromatic ring is 1. The fourth-order valence-corrected chi connectivity index (χ4v) is 2.50. The lowest BCUT2D eigenvalue weighted by molar-refractivity contribution is 0.408. The molecule has 0 saturated heterocycles. The molecular weight excluding hydrogens is 208 g/mol. The lowest BCUT2D eigenvalue weighted by Gasteiger charge is -2.11. The van der Waals surface area contributed by atoms with Gasteiger partial charge in [0.1, 0.15) is 5.75 Å². The maximum absolute atomic E-state index is 5.72. The molecule has 15 heavy (non-hydrogen) atoms. The molecule has 0 radical (unpaired) electrons. The number of ether oxygens (including phenoxy) is 1. The van der Waals surface area contributed by atoms with E-state index in [0.717, 1.165) is 21.5 Å². The van der Waals surface area contributed by atoms with Gasteiger partial charge in [-0.1, -0.05) is 25.2 Å². The smallest absolute Gasteiger partial charge is 0.181 e. The standard InChI is InChI=1S/C11H14N2OS/c1-6(2)9-7(14-3)4-5-8-10(9)13-11(12)15-8/h4-6H,1-3H3,(H2,12,13). The van der Waals surface area contributed by atoms with Crippen molar-refractivity contribution in [2.45, 2.75) is 19.8 Å². The number of nitrogens with zero attached hydrogens (tertiary/aromatic N) is 1. The summed E-state index contributed by atoms with van der Waals surface area (Å²) in [4.78, 5) is 4.36. The molecule has 0 spiro atoms. The van der Waals surface area contributed by atoms with Crippen LogP contribution in [0.1, 0.15) is 25.3 Å². The quantitative estimate of drug-likeness (QED) is 0.849. The minimum absolute atomic E-state index is 0.380. The van der Waals surface area contributed by atoms with Crippen molar-refractivity contribution < 1.29 is 4.74 Å². The van der Waals surface area contributed by atoms with E-state index in [-0.39, 0.29) is 0 Å². The van der Waals surface area contributed by atoms with Crippen molar-refractivity contribution in [3.63, 3.8) is 0 Å². The van der Waals surface area contributed by atoms with E-state index in [1.54, 1.807) is 7.11 Å². The summed E-state index contributed by atoms with van der Waals surface area (Å²) in [7, 11) is 1.68. The maximum Gasteiger partial charge on any atom is 0.181 e. The van der Waals surface area contributed by atoms with E-state index in [2.05, 4.69) is 18.8 Å². The van der Waals surface area contributed by atoms with Crippen molar-refractivity contribution >= 4 is 26.7 Å². The number of hydrogen-bond donors (Lipinski definition) is 1. The minimum Gasteiger partial charge on any atom is -0.496 e. The predicted molar refractivity (Wildman–Crippen MR) is 64.7 cm³/mol. The van der Waals surface area contributed by atoms with E-state index in [1.165, 1.54) is 11.3 Å². The molecule has 80 valence electrons. The van der Waals surface area contributed by atoms with Gasteiger partial charge in [-0.25, -0.2) is 4.98 Å². The molecule has 0 atom stereocenters. The molecule has 3 nitrogen and oxygen atoms in total. The molecule has 0 unspecified atom stereocenters. The van der Waals surface area contributed by atoms with Crippen LogP contribution in [0.3, 0.4) is 0 Å². The topological polar surface area (TPSA) is 48.1 Å². The zero-order valence-electron chi connectivity index (χ0n) is 9.07. The Morgan fingerprint density at radius 1 is 1.40 bits per heavy atom. The van der Waals surface area contributed by atoms with Crippen LogP contribution in [0.25, 0.3) is 10.2 Å². The summed E-state index contributed by atoms with van der Waals surface area (Å²) >= 11 is 1.51. The zero-order chi connectivity index (χ0) is 11.0. The van der Waals surface area contributed by atoms with E-state index in [9.17, 15) is 0 Å². The van der Waals surface area contributed by atoms with E-state index in [0.29, 0.717) is 11.0 Å². The lowest BCUT2D eigenvalue weighted by atomic mass is 10.0.